The molecule has 0 fully saturated rings. The standard InChI is InChI=1S/C14H16BrCl2N3/c1-3-18-13(14-11(15)8-19-20(14)2)6-9-4-5-10(16)7-12(9)17/h4-5,7-8,13,18H,3,6H2,1-2H3. The maximum Gasteiger partial charge on any atom is 0.0695 e. The Bertz CT molecular complexity index is 579. The van der Waals surface area contributed by atoms with Crippen LogP contribution in [0, 0.1) is 0 Å². The predicted octanol–water partition coefficient (Wildman–Crippen LogP) is 4.38. The molecule has 1 N–H and O–H groups in total. The smallest absolute Gasteiger partial charge is 0.0695 e. The van der Waals surface area contributed by atoms with Crippen molar-refractivity contribution in [3.63, 3.8) is 0 Å². The van der Waals surface area contributed by atoms with Crippen LogP contribution in [0.1, 0.15) is 24.2 Å². The van der Waals surface area contributed by atoms with Crippen LogP contribution in [0.5, 0.6) is 0 Å². The Morgan fingerprint density at radius 1 is 1.40 bits per heavy atom. The summed E-state index contributed by atoms with van der Waals surface area (Å²) >= 11 is 15.8. The number of hydrogen-bond donors (Lipinski definition) is 1. The maximum absolute atomic E-state index is 6.27. The molecule has 2 rings (SSSR count). The van der Waals surface area contributed by atoms with E-state index >= 15 is 0 Å². The van der Waals surface area contributed by atoms with Crippen molar-refractivity contribution in [1.29, 1.82) is 0 Å². The van der Waals surface area contributed by atoms with Gasteiger partial charge in [-0.25, -0.2) is 0 Å². The summed E-state index contributed by atoms with van der Waals surface area (Å²) in [6.45, 7) is 2.95. The van der Waals surface area contributed by atoms with E-state index in [0.717, 1.165) is 28.7 Å². The molecule has 0 aliphatic carbocycles. The SMILES string of the molecule is CCNC(Cc1ccc(Cl)cc1Cl)c1c(Br)cnn1C. The zero-order valence-corrected chi connectivity index (χ0v) is 14.4. The number of rotatable bonds is 5. The lowest BCUT2D eigenvalue weighted by Crippen LogP contribution is -2.25. The van der Waals surface area contributed by atoms with Crippen molar-refractivity contribution in [3.8, 4) is 0 Å². The molecule has 0 aliphatic heterocycles. The van der Waals surface area contributed by atoms with Gasteiger partial charge in [-0.15, -0.1) is 0 Å². The van der Waals surface area contributed by atoms with Crippen LogP contribution >= 0.6 is 39.1 Å². The van der Waals surface area contributed by atoms with Crippen LogP contribution in [-0.4, -0.2) is 16.3 Å². The number of benzene rings is 1. The summed E-state index contributed by atoms with van der Waals surface area (Å²) in [5.41, 5.74) is 2.17. The van der Waals surface area contributed by atoms with Crippen LogP contribution in [0.15, 0.2) is 28.9 Å². The van der Waals surface area contributed by atoms with Gasteiger partial charge in [-0.3, -0.25) is 4.68 Å². The highest BCUT2D eigenvalue weighted by Gasteiger charge is 2.19. The highest BCUT2D eigenvalue weighted by atomic mass is 79.9. The van der Waals surface area contributed by atoms with E-state index in [1.54, 1.807) is 6.07 Å². The minimum atomic E-state index is 0.139. The van der Waals surface area contributed by atoms with E-state index in [2.05, 4.69) is 33.3 Å². The molecule has 1 aromatic carbocycles. The first-order valence-corrected chi connectivity index (χ1v) is 7.92. The van der Waals surface area contributed by atoms with E-state index in [1.807, 2.05) is 30.1 Å². The van der Waals surface area contributed by atoms with Gasteiger partial charge in [0.15, 0.2) is 0 Å². The van der Waals surface area contributed by atoms with Crippen molar-refractivity contribution >= 4 is 39.1 Å². The van der Waals surface area contributed by atoms with Crippen molar-refractivity contribution in [2.24, 2.45) is 7.05 Å². The van der Waals surface area contributed by atoms with Crippen LogP contribution in [-0.2, 0) is 13.5 Å². The largest absolute Gasteiger partial charge is 0.309 e. The second-order valence-electron chi connectivity index (χ2n) is 4.55. The van der Waals surface area contributed by atoms with Crippen molar-refractivity contribution in [3.05, 3.63) is 50.2 Å². The fraction of sp³-hybridized carbons (Fsp3) is 0.357. The molecule has 0 amide bonds. The van der Waals surface area contributed by atoms with Crippen molar-refractivity contribution in [2.45, 2.75) is 19.4 Å². The Hall–Kier alpha value is -0.550. The number of nitrogens with zero attached hydrogens (tertiary/aromatic N) is 2. The summed E-state index contributed by atoms with van der Waals surface area (Å²) in [7, 11) is 1.94. The highest BCUT2D eigenvalue weighted by Crippen LogP contribution is 2.29. The molecule has 0 aliphatic rings. The van der Waals surface area contributed by atoms with E-state index in [9.17, 15) is 0 Å². The van der Waals surface area contributed by atoms with E-state index in [1.165, 1.54) is 0 Å². The fourth-order valence-corrected chi connectivity index (χ4v) is 3.34. The summed E-state index contributed by atoms with van der Waals surface area (Å²) in [4.78, 5) is 0. The average Bonchev–Trinajstić information content (AvgIpc) is 2.72. The van der Waals surface area contributed by atoms with E-state index in [4.69, 9.17) is 23.2 Å². The molecule has 1 unspecified atom stereocenters. The van der Waals surface area contributed by atoms with Crippen molar-refractivity contribution < 1.29 is 0 Å². The summed E-state index contributed by atoms with van der Waals surface area (Å²) in [6, 6.07) is 5.75. The number of nitrogens with one attached hydrogen (secondary N) is 1. The lowest BCUT2D eigenvalue weighted by molar-refractivity contribution is 0.506. The van der Waals surface area contributed by atoms with E-state index in [-0.39, 0.29) is 6.04 Å². The third kappa shape index (κ3) is 3.55. The minimum absolute atomic E-state index is 0.139. The Balaban J connectivity index is 2.30. The predicted molar refractivity (Wildman–Crippen MR) is 87.5 cm³/mol. The first-order chi connectivity index (χ1) is 9.52. The molecule has 1 heterocycles. The molecule has 0 saturated heterocycles. The van der Waals surface area contributed by atoms with Gasteiger partial charge in [0.25, 0.3) is 0 Å². The van der Waals surface area contributed by atoms with Gasteiger partial charge in [-0.05, 0) is 46.6 Å². The van der Waals surface area contributed by atoms with E-state index < -0.39 is 0 Å². The maximum atomic E-state index is 6.27. The summed E-state index contributed by atoms with van der Waals surface area (Å²) in [5, 5.41) is 9.09. The molecule has 0 saturated carbocycles. The van der Waals surface area contributed by atoms with Gasteiger partial charge in [0.1, 0.15) is 0 Å². The van der Waals surface area contributed by atoms with Gasteiger partial charge in [-0.1, -0.05) is 36.2 Å². The van der Waals surface area contributed by atoms with Crippen LogP contribution in [0.3, 0.4) is 0 Å². The fourth-order valence-electron chi connectivity index (χ4n) is 2.23. The summed E-state index contributed by atoms with van der Waals surface area (Å²) in [5.74, 6) is 0. The first-order valence-electron chi connectivity index (χ1n) is 6.37. The van der Waals surface area contributed by atoms with Gasteiger partial charge in [0.2, 0.25) is 0 Å². The van der Waals surface area contributed by atoms with Crippen molar-refractivity contribution in [1.82, 2.24) is 15.1 Å². The number of aromatic nitrogens is 2. The quantitative estimate of drug-likeness (QED) is 0.838. The van der Waals surface area contributed by atoms with Gasteiger partial charge < -0.3 is 5.32 Å². The first kappa shape index (κ1) is 15.8. The van der Waals surface area contributed by atoms with Gasteiger partial charge in [0.05, 0.1) is 22.4 Å². The second kappa shape index (κ2) is 6.94. The zero-order chi connectivity index (χ0) is 14.7. The molecular formula is C14H16BrCl2N3. The van der Waals surface area contributed by atoms with Crippen LogP contribution in [0.2, 0.25) is 10.0 Å². The lowest BCUT2D eigenvalue weighted by Gasteiger charge is -2.20. The molecule has 6 heteroatoms. The van der Waals surface area contributed by atoms with Crippen molar-refractivity contribution in [2.75, 3.05) is 6.54 Å². The van der Waals surface area contributed by atoms with Crippen LogP contribution in [0.25, 0.3) is 0 Å². The molecule has 0 spiro atoms. The number of halogens is 3. The molecule has 20 heavy (non-hydrogen) atoms. The molecule has 0 bridgehead atoms. The Morgan fingerprint density at radius 3 is 2.70 bits per heavy atom. The molecule has 108 valence electrons. The molecule has 0 radical (unpaired) electrons. The van der Waals surface area contributed by atoms with Gasteiger partial charge in [-0.2, -0.15) is 5.10 Å². The Morgan fingerprint density at radius 2 is 2.15 bits per heavy atom. The third-order valence-electron chi connectivity index (χ3n) is 3.16. The minimum Gasteiger partial charge on any atom is -0.309 e. The average molecular weight is 377 g/mol. The monoisotopic (exact) mass is 375 g/mol. The summed E-state index contributed by atoms with van der Waals surface area (Å²) < 4.78 is 2.87. The molecular weight excluding hydrogens is 361 g/mol. The van der Waals surface area contributed by atoms with Gasteiger partial charge in [0, 0.05) is 17.1 Å². The van der Waals surface area contributed by atoms with Gasteiger partial charge >= 0.3 is 0 Å². The van der Waals surface area contributed by atoms with Crippen LogP contribution in [0.4, 0.5) is 0 Å². The second-order valence-corrected chi connectivity index (χ2v) is 6.25. The van der Waals surface area contributed by atoms with E-state index in [0.29, 0.717) is 10.0 Å². The number of aryl methyl sites for hydroxylation is 1. The Kier molecular flexibility index (Phi) is 5.49. The number of likely N-dealkylation sites (N-methyl/N-ethyl adjacent to an activating group) is 1. The topological polar surface area (TPSA) is 29.9 Å². The number of hydrogen-bond acceptors (Lipinski definition) is 2. The summed E-state index contributed by atoms with van der Waals surface area (Å²) in [6.07, 6.45) is 2.59. The van der Waals surface area contributed by atoms with Crippen LogP contribution < -0.4 is 5.32 Å². The zero-order valence-electron chi connectivity index (χ0n) is 11.3. The normalized spacial score (nSPS) is 12.7. The lowest BCUT2D eigenvalue weighted by atomic mass is 10.0. The third-order valence-corrected chi connectivity index (χ3v) is 4.36. The molecule has 2 aromatic rings. The Labute approximate surface area is 137 Å². The molecule has 1 atom stereocenters. The molecule has 1 aromatic heterocycles. The highest BCUT2D eigenvalue weighted by molar-refractivity contribution is 9.10. The molecule has 3 nitrogen and oxygen atoms in total.